The number of piperidine rings is 1. The Morgan fingerprint density at radius 1 is 1.36 bits per heavy atom. The quantitative estimate of drug-likeness (QED) is 0.886. The first kappa shape index (κ1) is 15.2. The molecule has 0 amide bonds. The molecule has 1 aromatic heterocycles. The van der Waals surface area contributed by atoms with Gasteiger partial charge in [0.15, 0.2) is 5.82 Å². The van der Waals surface area contributed by atoms with Crippen LogP contribution in [0.4, 0.5) is 17.5 Å². The van der Waals surface area contributed by atoms with Crippen LogP contribution in [0.25, 0.3) is 0 Å². The second-order valence-corrected chi connectivity index (χ2v) is 6.44. The molecule has 1 N–H and O–H groups in total. The Labute approximate surface area is 139 Å². The number of hydrogen-bond donors (Lipinski definition) is 1. The van der Waals surface area contributed by atoms with E-state index in [9.17, 15) is 0 Å². The number of benzene rings is 1. The van der Waals surface area contributed by atoms with Crippen LogP contribution in [-0.4, -0.2) is 27.8 Å². The zero-order chi connectivity index (χ0) is 15.4. The Hall–Kier alpha value is -1.69. The number of anilines is 3. The number of hydrogen-bond acceptors (Lipinski definition) is 5. The summed E-state index contributed by atoms with van der Waals surface area (Å²) in [4.78, 5) is 7.01. The maximum absolute atomic E-state index is 4.65. The van der Waals surface area contributed by atoms with E-state index in [0.29, 0.717) is 12.0 Å². The molecule has 1 saturated heterocycles. The molecule has 1 atom stereocenters. The highest BCUT2D eigenvalue weighted by atomic mass is 79.9. The van der Waals surface area contributed by atoms with Gasteiger partial charge >= 0.3 is 0 Å². The summed E-state index contributed by atoms with van der Waals surface area (Å²) in [5.74, 6) is 1.45. The number of nitrogens with zero attached hydrogens (tertiary/aromatic N) is 4. The molecule has 22 heavy (non-hydrogen) atoms. The highest BCUT2D eigenvalue weighted by Gasteiger charge is 2.22. The first-order chi connectivity index (χ1) is 10.8. The third-order valence-electron chi connectivity index (χ3n) is 4.02. The molecule has 116 valence electrons. The highest BCUT2D eigenvalue weighted by molar-refractivity contribution is 9.10. The van der Waals surface area contributed by atoms with Crippen LogP contribution in [0, 0.1) is 0 Å². The molecule has 6 heteroatoms. The molecular weight excluding hydrogens is 342 g/mol. The van der Waals surface area contributed by atoms with E-state index >= 15 is 0 Å². The number of aromatic nitrogens is 3. The van der Waals surface area contributed by atoms with Crippen LogP contribution >= 0.6 is 15.9 Å². The van der Waals surface area contributed by atoms with E-state index < -0.39 is 0 Å². The van der Waals surface area contributed by atoms with E-state index in [4.69, 9.17) is 0 Å². The molecule has 2 aromatic rings. The van der Waals surface area contributed by atoms with Gasteiger partial charge in [0, 0.05) is 22.7 Å². The summed E-state index contributed by atoms with van der Waals surface area (Å²) in [6, 6.07) is 8.49. The van der Waals surface area contributed by atoms with Crippen LogP contribution < -0.4 is 10.2 Å². The van der Waals surface area contributed by atoms with Crippen molar-refractivity contribution in [2.24, 2.45) is 0 Å². The fourth-order valence-corrected chi connectivity index (χ4v) is 3.31. The lowest BCUT2D eigenvalue weighted by molar-refractivity contribution is 0.446. The molecular formula is C16H20BrN5. The third kappa shape index (κ3) is 3.55. The standard InChI is InChI=1S/C16H20BrN5/c1-2-14-8-3-4-9-22(14)15-11-18-21-16(20-15)19-13-7-5-6-12(17)10-13/h5-7,10-11,14H,2-4,8-9H2,1H3,(H,19,20,21). The van der Waals surface area contributed by atoms with Crippen LogP contribution in [-0.2, 0) is 0 Å². The Morgan fingerprint density at radius 2 is 2.27 bits per heavy atom. The minimum Gasteiger partial charge on any atom is -0.352 e. The van der Waals surface area contributed by atoms with Gasteiger partial charge in [0.2, 0.25) is 5.95 Å². The van der Waals surface area contributed by atoms with Crippen LogP contribution in [0.2, 0.25) is 0 Å². The number of rotatable bonds is 4. The number of halogens is 1. The van der Waals surface area contributed by atoms with Gasteiger partial charge in [-0.15, -0.1) is 5.10 Å². The van der Waals surface area contributed by atoms with E-state index in [2.05, 4.69) is 48.3 Å². The zero-order valence-electron chi connectivity index (χ0n) is 12.7. The predicted molar refractivity (Wildman–Crippen MR) is 92.5 cm³/mol. The molecule has 1 fully saturated rings. The summed E-state index contributed by atoms with van der Waals surface area (Å²) in [7, 11) is 0. The van der Waals surface area contributed by atoms with E-state index in [0.717, 1.165) is 28.9 Å². The molecule has 0 aliphatic carbocycles. The summed E-state index contributed by atoms with van der Waals surface area (Å²) < 4.78 is 1.02. The summed E-state index contributed by atoms with van der Waals surface area (Å²) >= 11 is 3.47. The molecule has 0 saturated carbocycles. The Bertz CT molecular complexity index is 633. The lowest BCUT2D eigenvalue weighted by Gasteiger charge is -2.35. The smallest absolute Gasteiger partial charge is 0.249 e. The Kier molecular flexibility index (Phi) is 4.87. The molecule has 0 radical (unpaired) electrons. The first-order valence-electron chi connectivity index (χ1n) is 7.75. The average Bonchev–Trinajstić information content (AvgIpc) is 2.55. The average molecular weight is 362 g/mol. The van der Waals surface area contributed by atoms with Crippen molar-refractivity contribution in [3.8, 4) is 0 Å². The molecule has 0 bridgehead atoms. The van der Waals surface area contributed by atoms with Crippen LogP contribution in [0.1, 0.15) is 32.6 Å². The molecule has 1 unspecified atom stereocenters. The van der Waals surface area contributed by atoms with E-state index in [1.165, 1.54) is 19.3 Å². The van der Waals surface area contributed by atoms with Crippen LogP contribution in [0.5, 0.6) is 0 Å². The maximum atomic E-state index is 4.65. The van der Waals surface area contributed by atoms with Crippen molar-refractivity contribution in [2.75, 3.05) is 16.8 Å². The van der Waals surface area contributed by atoms with Gasteiger partial charge in [-0.05, 0) is 43.9 Å². The van der Waals surface area contributed by atoms with Crippen LogP contribution in [0.3, 0.4) is 0 Å². The Balaban J connectivity index is 1.80. The highest BCUT2D eigenvalue weighted by Crippen LogP contribution is 2.25. The topological polar surface area (TPSA) is 53.9 Å². The fourth-order valence-electron chi connectivity index (χ4n) is 2.91. The van der Waals surface area contributed by atoms with Gasteiger partial charge in [0.25, 0.3) is 0 Å². The lowest BCUT2D eigenvalue weighted by Crippen LogP contribution is -2.39. The first-order valence-corrected chi connectivity index (χ1v) is 8.54. The SMILES string of the molecule is CCC1CCCCN1c1cnnc(Nc2cccc(Br)c2)n1. The minimum absolute atomic E-state index is 0.538. The van der Waals surface area contributed by atoms with Crippen molar-refractivity contribution in [1.29, 1.82) is 0 Å². The van der Waals surface area contributed by atoms with Gasteiger partial charge in [-0.1, -0.05) is 28.9 Å². The van der Waals surface area contributed by atoms with Crippen molar-refractivity contribution in [3.63, 3.8) is 0 Å². The molecule has 1 aromatic carbocycles. The van der Waals surface area contributed by atoms with Crippen molar-refractivity contribution >= 4 is 33.4 Å². The van der Waals surface area contributed by atoms with E-state index in [1.807, 2.05) is 24.3 Å². The van der Waals surface area contributed by atoms with E-state index in [1.54, 1.807) is 6.20 Å². The van der Waals surface area contributed by atoms with Crippen LogP contribution in [0.15, 0.2) is 34.9 Å². The second-order valence-electron chi connectivity index (χ2n) is 5.52. The van der Waals surface area contributed by atoms with Gasteiger partial charge in [-0.3, -0.25) is 0 Å². The molecule has 0 spiro atoms. The monoisotopic (exact) mass is 361 g/mol. The summed E-state index contributed by atoms with van der Waals surface area (Å²) in [6.07, 6.45) is 6.65. The zero-order valence-corrected chi connectivity index (χ0v) is 14.3. The molecule has 1 aliphatic rings. The number of nitrogens with one attached hydrogen (secondary N) is 1. The van der Waals surface area contributed by atoms with Crippen molar-refractivity contribution < 1.29 is 0 Å². The summed E-state index contributed by atoms with van der Waals surface area (Å²) in [5, 5.41) is 11.4. The molecule has 1 aliphatic heterocycles. The summed E-state index contributed by atoms with van der Waals surface area (Å²) in [5.41, 5.74) is 0.944. The van der Waals surface area contributed by atoms with Crippen molar-refractivity contribution in [1.82, 2.24) is 15.2 Å². The lowest BCUT2D eigenvalue weighted by atomic mass is 10.0. The third-order valence-corrected chi connectivity index (χ3v) is 4.51. The van der Waals surface area contributed by atoms with Crippen molar-refractivity contribution in [3.05, 3.63) is 34.9 Å². The van der Waals surface area contributed by atoms with Gasteiger partial charge in [0.1, 0.15) is 0 Å². The molecule has 5 nitrogen and oxygen atoms in total. The largest absolute Gasteiger partial charge is 0.352 e. The molecule has 3 rings (SSSR count). The fraction of sp³-hybridized carbons (Fsp3) is 0.438. The van der Waals surface area contributed by atoms with Gasteiger partial charge < -0.3 is 10.2 Å². The van der Waals surface area contributed by atoms with E-state index in [-0.39, 0.29) is 0 Å². The normalized spacial score (nSPS) is 18.3. The predicted octanol–water partition coefficient (Wildman–Crippen LogP) is 4.15. The van der Waals surface area contributed by atoms with Gasteiger partial charge in [-0.25, -0.2) is 0 Å². The van der Waals surface area contributed by atoms with Gasteiger partial charge in [0.05, 0.1) is 6.20 Å². The molecule has 2 heterocycles. The second kappa shape index (κ2) is 7.05. The Morgan fingerprint density at radius 3 is 3.09 bits per heavy atom. The summed E-state index contributed by atoms with van der Waals surface area (Å²) in [6.45, 7) is 3.28. The maximum Gasteiger partial charge on any atom is 0.249 e. The van der Waals surface area contributed by atoms with Crippen molar-refractivity contribution in [2.45, 2.75) is 38.6 Å². The minimum atomic E-state index is 0.538. The van der Waals surface area contributed by atoms with Gasteiger partial charge in [-0.2, -0.15) is 10.1 Å².